The van der Waals surface area contributed by atoms with Crippen LogP contribution in [0.4, 0.5) is 0 Å². The molecule has 0 heterocycles. The van der Waals surface area contributed by atoms with Gasteiger partial charge in [-0.3, -0.25) is 0 Å². The van der Waals surface area contributed by atoms with Gasteiger partial charge in [0.05, 0.1) is 0 Å². The van der Waals surface area contributed by atoms with Crippen LogP contribution in [0, 0.1) is 16.7 Å². The summed E-state index contributed by atoms with van der Waals surface area (Å²) in [6, 6.07) is 0. The Kier molecular flexibility index (Phi) is 3.56. The highest BCUT2D eigenvalue weighted by Gasteiger charge is 2.17. The van der Waals surface area contributed by atoms with Gasteiger partial charge in [0.2, 0.25) is 0 Å². The first-order valence-corrected chi connectivity index (χ1v) is 4.82. The van der Waals surface area contributed by atoms with Crippen molar-refractivity contribution in [2.24, 2.45) is 16.7 Å². The average Bonchev–Trinajstić information content (AvgIpc) is 1.78. The largest absolute Gasteiger partial charge is 0.0846 e. The lowest BCUT2D eigenvalue weighted by atomic mass is 9.80. The van der Waals surface area contributed by atoms with Gasteiger partial charge in [0.15, 0.2) is 0 Å². The second kappa shape index (κ2) is 3.64. The van der Waals surface area contributed by atoms with Crippen molar-refractivity contribution in [3.8, 4) is 0 Å². The molecule has 0 spiro atoms. The lowest BCUT2D eigenvalue weighted by Gasteiger charge is -2.25. The van der Waals surface area contributed by atoms with Crippen molar-refractivity contribution in [3.63, 3.8) is 0 Å². The lowest BCUT2D eigenvalue weighted by molar-refractivity contribution is 0.312. The van der Waals surface area contributed by atoms with Crippen LogP contribution in [0.5, 0.6) is 0 Å². The summed E-state index contributed by atoms with van der Waals surface area (Å²) < 4.78 is 0. The predicted octanol–water partition coefficient (Wildman–Crippen LogP) is 4.27. The third-order valence-corrected chi connectivity index (χ3v) is 2.25. The van der Waals surface area contributed by atoms with Crippen molar-refractivity contribution in [2.75, 3.05) is 0 Å². The average molecular weight is 168 g/mol. The molecule has 0 aliphatic carbocycles. The van der Waals surface area contributed by atoms with Gasteiger partial charge in [0, 0.05) is 0 Å². The molecule has 0 bridgehead atoms. The summed E-state index contributed by atoms with van der Waals surface area (Å²) in [5.41, 5.74) is 0.710. The third kappa shape index (κ3) is 5.40. The van der Waals surface area contributed by atoms with E-state index in [2.05, 4.69) is 60.6 Å². The Morgan fingerprint density at radius 1 is 0.917 bits per heavy atom. The van der Waals surface area contributed by atoms with E-state index in [0.29, 0.717) is 16.7 Å². The molecule has 12 heavy (non-hydrogen) atoms. The number of rotatable bonds is 1. The number of allylic oxidation sites excluding steroid dienone is 2. The van der Waals surface area contributed by atoms with E-state index in [4.69, 9.17) is 0 Å². The van der Waals surface area contributed by atoms with Crippen LogP contribution in [0.2, 0.25) is 0 Å². The zero-order valence-corrected chi connectivity index (χ0v) is 9.73. The maximum absolute atomic E-state index is 2.33. The van der Waals surface area contributed by atoms with Crippen LogP contribution in [0.25, 0.3) is 0 Å². The summed E-state index contributed by atoms with van der Waals surface area (Å²) >= 11 is 0. The SMILES string of the molecule is CC(/C=C/C(C)(C)C)C(C)(C)C. The van der Waals surface area contributed by atoms with Crippen LogP contribution >= 0.6 is 0 Å². The van der Waals surface area contributed by atoms with Gasteiger partial charge in [-0.1, -0.05) is 60.6 Å². The molecule has 0 aromatic carbocycles. The molecule has 0 saturated heterocycles. The maximum atomic E-state index is 2.33. The van der Waals surface area contributed by atoms with Crippen molar-refractivity contribution >= 4 is 0 Å². The Morgan fingerprint density at radius 3 is 1.58 bits per heavy atom. The fourth-order valence-corrected chi connectivity index (χ4v) is 0.722. The van der Waals surface area contributed by atoms with Crippen LogP contribution in [-0.4, -0.2) is 0 Å². The van der Waals surface area contributed by atoms with Crippen molar-refractivity contribution in [1.29, 1.82) is 0 Å². The van der Waals surface area contributed by atoms with E-state index >= 15 is 0 Å². The summed E-state index contributed by atoms with van der Waals surface area (Å²) in [5, 5.41) is 0. The molecule has 0 radical (unpaired) electrons. The van der Waals surface area contributed by atoms with Crippen LogP contribution in [0.3, 0.4) is 0 Å². The van der Waals surface area contributed by atoms with Crippen LogP contribution in [0.1, 0.15) is 48.5 Å². The van der Waals surface area contributed by atoms with Crippen molar-refractivity contribution in [3.05, 3.63) is 12.2 Å². The molecule has 0 fully saturated rings. The molecule has 0 nitrogen and oxygen atoms in total. The first-order valence-electron chi connectivity index (χ1n) is 4.82. The number of hydrogen-bond acceptors (Lipinski definition) is 0. The van der Waals surface area contributed by atoms with E-state index in [9.17, 15) is 0 Å². The minimum Gasteiger partial charge on any atom is -0.0846 e. The van der Waals surface area contributed by atoms with E-state index in [1.54, 1.807) is 0 Å². The molecule has 0 heteroatoms. The van der Waals surface area contributed by atoms with Gasteiger partial charge in [-0.05, 0) is 16.7 Å². The second-order valence-electron chi connectivity index (χ2n) is 5.88. The van der Waals surface area contributed by atoms with Gasteiger partial charge in [-0.2, -0.15) is 0 Å². The zero-order valence-electron chi connectivity index (χ0n) is 9.73. The molecule has 0 saturated carbocycles. The Balaban J connectivity index is 4.19. The van der Waals surface area contributed by atoms with Crippen LogP contribution in [-0.2, 0) is 0 Å². The second-order valence-corrected chi connectivity index (χ2v) is 5.88. The van der Waals surface area contributed by atoms with E-state index in [-0.39, 0.29) is 0 Å². The topological polar surface area (TPSA) is 0 Å². The molecule has 72 valence electrons. The Labute approximate surface area is 78.1 Å². The normalized spacial score (nSPS) is 16.9. The molecule has 0 aromatic rings. The molecule has 0 N–H and O–H groups in total. The van der Waals surface area contributed by atoms with Crippen molar-refractivity contribution in [1.82, 2.24) is 0 Å². The minimum absolute atomic E-state index is 0.319. The molecule has 0 amide bonds. The first kappa shape index (κ1) is 11.7. The van der Waals surface area contributed by atoms with E-state index in [0.717, 1.165) is 0 Å². The van der Waals surface area contributed by atoms with Gasteiger partial charge in [-0.15, -0.1) is 0 Å². The quantitative estimate of drug-likeness (QED) is 0.513. The Bertz CT molecular complexity index is 150. The van der Waals surface area contributed by atoms with E-state index in [1.807, 2.05) is 0 Å². The molecule has 0 aliphatic rings. The summed E-state index contributed by atoms with van der Waals surface area (Å²) in [7, 11) is 0. The summed E-state index contributed by atoms with van der Waals surface area (Å²) in [4.78, 5) is 0. The van der Waals surface area contributed by atoms with Crippen LogP contribution < -0.4 is 0 Å². The highest BCUT2D eigenvalue weighted by Crippen LogP contribution is 2.28. The maximum Gasteiger partial charge on any atom is -0.0203 e. The third-order valence-electron chi connectivity index (χ3n) is 2.25. The van der Waals surface area contributed by atoms with E-state index in [1.165, 1.54) is 0 Å². The molecular formula is C12H24. The molecular weight excluding hydrogens is 144 g/mol. The van der Waals surface area contributed by atoms with Gasteiger partial charge >= 0.3 is 0 Å². The Morgan fingerprint density at radius 2 is 1.33 bits per heavy atom. The van der Waals surface area contributed by atoms with E-state index < -0.39 is 0 Å². The van der Waals surface area contributed by atoms with Gasteiger partial charge in [-0.25, -0.2) is 0 Å². The standard InChI is InChI=1S/C12H24/c1-10(12(5,6)7)8-9-11(2,3)4/h8-10H,1-7H3/b9-8+. The molecule has 0 rings (SSSR count). The highest BCUT2D eigenvalue weighted by atomic mass is 14.2. The van der Waals surface area contributed by atoms with Crippen molar-refractivity contribution < 1.29 is 0 Å². The molecule has 1 unspecified atom stereocenters. The molecule has 0 aromatic heterocycles. The van der Waals surface area contributed by atoms with Gasteiger partial charge in [0.1, 0.15) is 0 Å². The fourth-order valence-electron chi connectivity index (χ4n) is 0.722. The zero-order chi connectivity index (χ0) is 9.99. The lowest BCUT2D eigenvalue weighted by Crippen LogP contribution is -2.15. The minimum atomic E-state index is 0.319. The summed E-state index contributed by atoms with van der Waals surface area (Å²) in [6.07, 6.45) is 4.64. The highest BCUT2D eigenvalue weighted by molar-refractivity contribution is 4.97. The van der Waals surface area contributed by atoms with Gasteiger partial charge in [0.25, 0.3) is 0 Å². The fraction of sp³-hybridized carbons (Fsp3) is 0.833. The summed E-state index contributed by atoms with van der Waals surface area (Å²) in [5.74, 6) is 0.650. The van der Waals surface area contributed by atoms with Crippen LogP contribution in [0.15, 0.2) is 12.2 Å². The summed E-state index contributed by atoms with van der Waals surface area (Å²) in [6.45, 7) is 15.8. The Hall–Kier alpha value is -0.260. The molecule has 0 aliphatic heterocycles. The molecule has 1 atom stereocenters. The number of hydrogen-bond donors (Lipinski definition) is 0. The van der Waals surface area contributed by atoms with Gasteiger partial charge < -0.3 is 0 Å². The predicted molar refractivity (Wildman–Crippen MR) is 57.2 cm³/mol. The smallest absolute Gasteiger partial charge is 0.0203 e. The van der Waals surface area contributed by atoms with Crippen molar-refractivity contribution in [2.45, 2.75) is 48.5 Å². The first-order chi connectivity index (χ1) is 5.13. The monoisotopic (exact) mass is 168 g/mol.